The number of rotatable bonds is 4. The fraction of sp³-hybridized carbons (Fsp3) is 0.478. The van der Waals surface area contributed by atoms with Crippen molar-refractivity contribution in [3.05, 3.63) is 46.7 Å². The van der Waals surface area contributed by atoms with Gasteiger partial charge in [0.15, 0.2) is 0 Å². The summed E-state index contributed by atoms with van der Waals surface area (Å²) >= 11 is 1.67. The summed E-state index contributed by atoms with van der Waals surface area (Å²) in [7, 11) is 0. The van der Waals surface area contributed by atoms with Gasteiger partial charge in [-0.2, -0.15) is 0 Å². The highest BCUT2D eigenvalue weighted by molar-refractivity contribution is 7.10. The van der Waals surface area contributed by atoms with Crippen molar-refractivity contribution < 1.29 is 9.59 Å². The molecule has 29 heavy (non-hydrogen) atoms. The molecule has 0 saturated carbocycles. The zero-order chi connectivity index (χ0) is 21.2. The number of nitrogens with zero attached hydrogens (tertiary/aromatic N) is 2. The number of thiophene rings is 1. The van der Waals surface area contributed by atoms with Gasteiger partial charge in [0, 0.05) is 24.9 Å². The second kappa shape index (κ2) is 8.57. The van der Waals surface area contributed by atoms with Crippen LogP contribution in [0.1, 0.15) is 45.5 Å². The molecule has 2 amide bonds. The highest BCUT2D eigenvalue weighted by Crippen LogP contribution is 2.36. The zero-order valence-electron chi connectivity index (χ0n) is 17.9. The van der Waals surface area contributed by atoms with Gasteiger partial charge in [-0.15, -0.1) is 11.3 Å². The van der Waals surface area contributed by atoms with Gasteiger partial charge in [0.2, 0.25) is 11.8 Å². The molecule has 1 aliphatic rings. The first-order valence-electron chi connectivity index (χ1n) is 10.1. The molecule has 6 heteroatoms. The van der Waals surface area contributed by atoms with Crippen LogP contribution in [-0.2, 0) is 9.59 Å². The van der Waals surface area contributed by atoms with Crippen molar-refractivity contribution in [3.8, 4) is 0 Å². The maximum Gasteiger partial charge on any atom is 0.240 e. The SMILES string of the molecule is CC(=O)N1CC(C)CN(CC(=O)NC(c2cccs2)C(C)(C)C)c2ccccc21. The molecule has 2 heterocycles. The molecule has 2 atom stereocenters. The topological polar surface area (TPSA) is 52.7 Å². The maximum atomic E-state index is 13.1. The molecule has 2 aromatic rings. The molecule has 0 aliphatic carbocycles. The summed E-state index contributed by atoms with van der Waals surface area (Å²) in [5.74, 6) is 0.285. The van der Waals surface area contributed by atoms with E-state index >= 15 is 0 Å². The molecule has 1 aliphatic heterocycles. The third-order valence-electron chi connectivity index (χ3n) is 5.25. The summed E-state index contributed by atoms with van der Waals surface area (Å²) < 4.78 is 0. The summed E-state index contributed by atoms with van der Waals surface area (Å²) in [6.07, 6.45) is 0. The maximum absolute atomic E-state index is 13.1. The van der Waals surface area contributed by atoms with E-state index in [1.54, 1.807) is 18.3 Å². The Kier molecular flexibility index (Phi) is 6.32. The van der Waals surface area contributed by atoms with Crippen molar-refractivity contribution in [3.63, 3.8) is 0 Å². The average molecular weight is 414 g/mol. The quantitative estimate of drug-likeness (QED) is 0.805. The van der Waals surface area contributed by atoms with E-state index in [9.17, 15) is 9.59 Å². The van der Waals surface area contributed by atoms with E-state index in [2.05, 4.69) is 44.0 Å². The van der Waals surface area contributed by atoms with Gasteiger partial charge in [0.25, 0.3) is 0 Å². The lowest BCUT2D eigenvalue weighted by atomic mass is 9.85. The highest BCUT2D eigenvalue weighted by Gasteiger charge is 2.31. The molecule has 5 nitrogen and oxygen atoms in total. The number of carbonyl (C=O) groups excluding carboxylic acids is 2. The Hall–Kier alpha value is -2.34. The van der Waals surface area contributed by atoms with Crippen LogP contribution in [0.5, 0.6) is 0 Å². The third-order valence-corrected chi connectivity index (χ3v) is 6.19. The lowest BCUT2D eigenvalue weighted by Crippen LogP contribution is -2.43. The van der Waals surface area contributed by atoms with Crippen molar-refractivity contribution in [2.45, 2.75) is 40.7 Å². The molecule has 0 bridgehead atoms. The molecule has 1 aromatic heterocycles. The normalized spacial score (nSPS) is 18.0. The van der Waals surface area contributed by atoms with E-state index in [0.29, 0.717) is 6.54 Å². The molecule has 3 rings (SSSR count). The molecule has 0 fully saturated rings. The third kappa shape index (κ3) is 4.99. The first-order valence-corrected chi connectivity index (χ1v) is 11.0. The minimum atomic E-state index is -0.0874. The van der Waals surface area contributed by atoms with Crippen LogP contribution in [0.25, 0.3) is 0 Å². The molecular formula is C23H31N3O2S. The van der Waals surface area contributed by atoms with Gasteiger partial charge in [-0.25, -0.2) is 0 Å². The Morgan fingerprint density at radius 3 is 2.41 bits per heavy atom. The number of carbonyl (C=O) groups is 2. The van der Waals surface area contributed by atoms with Gasteiger partial charge >= 0.3 is 0 Å². The van der Waals surface area contributed by atoms with Gasteiger partial charge in [-0.05, 0) is 34.9 Å². The van der Waals surface area contributed by atoms with Crippen molar-refractivity contribution in [2.24, 2.45) is 11.3 Å². The standard InChI is InChI=1S/C23H31N3O2S/c1-16-13-25(18-9-6-7-10-19(18)26(14-16)17(2)27)15-21(28)24-22(23(3,4)5)20-11-8-12-29-20/h6-12,16,22H,13-15H2,1-5H3,(H,24,28). The van der Waals surface area contributed by atoms with Crippen LogP contribution in [0.15, 0.2) is 41.8 Å². The fourth-order valence-corrected chi connectivity index (χ4v) is 4.92. The van der Waals surface area contributed by atoms with Crippen molar-refractivity contribution >= 4 is 34.5 Å². The number of benzene rings is 1. The summed E-state index contributed by atoms with van der Waals surface area (Å²) in [5, 5.41) is 5.30. The van der Waals surface area contributed by atoms with Crippen LogP contribution in [0.4, 0.5) is 11.4 Å². The minimum Gasteiger partial charge on any atom is -0.360 e. The van der Waals surface area contributed by atoms with Crippen LogP contribution < -0.4 is 15.1 Å². The monoisotopic (exact) mass is 413 g/mol. The van der Waals surface area contributed by atoms with E-state index in [1.165, 1.54) is 4.88 Å². The Labute approximate surface area is 177 Å². The first-order chi connectivity index (χ1) is 13.7. The first kappa shape index (κ1) is 21.4. The Morgan fingerprint density at radius 2 is 1.83 bits per heavy atom. The second-order valence-corrected chi connectivity index (χ2v) is 9.97. The number of amides is 2. The van der Waals surface area contributed by atoms with Gasteiger partial charge in [-0.3, -0.25) is 9.59 Å². The molecule has 0 saturated heterocycles. The molecule has 1 N–H and O–H groups in total. The number of hydrogen-bond donors (Lipinski definition) is 1. The smallest absolute Gasteiger partial charge is 0.240 e. The number of hydrogen-bond acceptors (Lipinski definition) is 4. The van der Waals surface area contributed by atoms with Gasteiger partial charge in [0.1, 0.15) is 0 Å². The van der Waals surface area contributed by atoms with Gasteiger partial charge in [0.05, 0.1) is 24.0 Å². The van der Waals surface area contributed by atoms with E-state index in [4.69, 9.17) is 0 Å². The Balaban J connectivity index is 1.83. The lowest BCUT2D eigenvalue weighted by Gasteiger charge is -2.32. The number of para-hydroxylation sites is 2. The van der Waals surface area contributed by atoms with Crippen molar-refractivity contribution in [1.82, 2.24) is 5.32 Å². The summed E-state index contributed by atoms with van der Waals surface area (Å²) in [6.45, 7) is 11.8. The number of fused-ring (bicyclic) bond motifs is 1. The lowest BCUT2D eigenvalue weighted by molar-refractivity contribution is -0.121. The number of anilines is 2. The van der Waals surface area contributed by atoms with Crippen LogP contribution in [0.3, 0.4) is 0 Å². The van der Waals surface area contributed by atoms with Crippen molar-refractivity contribution in [2.75, 3.05) is 29.4 Å². The van der Waals surface area contributed by atoms with E-state index in [0.717, 1.165) is 17.9 Å². The Bertz CT molecular complexity index is 857. The molecular weight excluding hydrogens is 382 g/mol. The summed E-state index contributed by atoms with van der Waals surface area (Å²) in [4.78, 5) is 30.4. The predicted molar refractivity (Wildman–Crippen MR) is 121 cm³/mol. The average Bonchev–Trinajstić information content (AvgIpc) is 3.12. The molecule has 0 radical (unpaired) electrons. The van der Waals surface area contributed by atoms with E-state index < -0.39 is 0 Å². The van der Waals surface area contributed by atoms with Crippen LogP contribution in [0, 0.1) is 11.3 Å². The fourth-order valence-electron chi connectivity index (χ4n) is 3.90. The largest absolute Gasteiger partial charge is 0.360 e. The molecule has 1 aromatic carbocycles. The van der Waals surface area contributed by atoms with Crippen molar-refractivity contribution in [1.29, 1.82) is 0 Å². The van der Waals surface area contributed by atoms with Crippen LogP contribution in [-0.4, -0.2) is 31.4 Å². The molecule has 2 unspecified atom stereocenters. The van der Waals surface area contributed by atoms with E-state index in [-0.39, 0.29) is 35.7 Å². The molecule has 0 spiro atoms. The predicted octanol–water partition coefficient (Wildman–Crippen LogP) is 4.46. The summed E-state index contributed by atoms with van der Waals surface area (Å²) in [5.41, 5.74) is 1.73. The van der Waals surface area contributed by atoms with Gasteiger partial charge in [-0.1, -0.05) is 45.9 Å². The van der Waals surface area contributed by atoms with E-state index in [1.807, 2.05) is 40.6 Å². The minimum absolute atomic E-state index is 0.00315. The molecule has 156 valence electrons. The van der Waals surface area contributed by atoms with Crippen LogP contribution in [0.2, 0.25) is 0 Å². The second-order valence-electron chi connectivity index (χ2n) is 8.99. The summed E-state index contributed by atoms with van der Waals surface area (Å²) in [6, 6.07) is 11.9. The van der Waals surface area contributed by atoms with Gasteiger partial charge < -0.3 is 15.1 Å². The Morgan fingerprint density at radius 1 is 1.14 bits per heavy atom. The zero-order valence-corrected chi connectivity index (χ0v) is 18.8. The highest BCUT2D eigenvalue weighted by atomic mass is 32.1. The van der Waals surface area contributed by atoms with Crippen LogP contribution >= 0.6 is 11.3 Å². The number of nitrogens with one attached hydrogen (secondary N) is 1.